The van der Waals surface area contributed by atoms with E-state index in [-0.39, 0.29) is 18.1 Å². The minimum Gasteiger partial charge on any atom is -0.487 e. The summed E-state index contributed by atoms with van der Waals surface area (Å²) in [7, 11) is 0. The van der Waals surface area contributed by atoms with Crippen molar-refractivity contribution in [3.8, 4) is 17.9 Å². The van der Waals surface area contributed by atoms with Gasteiger partial charge in [-0.25, -0.2) is 0 Å². The van der Waals surface area contributed by atoms with Crippen molar-refractivity contribution in [2.24, 2.45) is 5.41 Å². The molecular weight excluding hydrogens is 280 g/mol. The highest BCUT2D eigenvalue weighted by Gasteiger charge is 2.47. The number of carbonyl (C=O) groups is 1. The van der Waals surface area contributed by atoms with E-state index in [0.29, 0.717) is 30.7 Å². The molecule has 2 aliphatic rings. The van der Waals surface area contributed by atoms with Gasteiger partial charge in [-0.1, -0.05) is 6.92 Å². The SMILES string of the molecule is CCC(C)(C#N)C(=O)N1C[C@@H]2C[C@H]1c1cncc(C#N)c1O2. The van der Waals surface area contributed by atoms with Gasteiger partial charge < -0.3 is 9.64 Å². The summed E-state index contributed by atoms with van der Waals surface area (Å²) in [6, 6.07) is 4.04. The fraction of sp³-hybridized carbons (Fsp3) is 0.500. The predicted octanol–water partition coefficient (Wildman–Crippen LogP) is 1.93. The normalized spacial score (nSPS) is 24.5. The molecule has 0 radical (unpaired) electrons. The number of likely N-dealkylation sites (tertiary alicyclic amines) is 1. The highest BCUT2D eigenvalue weighted by atomic mass is 16.5. The van der Waals surface area contributed by atoms with Crippen LogP contribution in [0.1, 0.15) is 43.9 Å². The molecule has 1 saturated heterocycles. The van der Waals surface area contributed by atoms with Crippen LogP contribution in [-0.2, 0) is 4.79 Å². The molecular formula is C16H16N4O2. The minimum absolute atomic E-state index is 0.129. The van der Waals surface area contributed by atoms with Crippen LogP contribution in [0.4, 0.5) is 0 Å². The molecule has 1 fully saturated rings. The molecule has 6 nitrogen and oxygen atoms in total. The summed E-state index contributed by atoms with van der Waals surface area (Å²) in [5, 5.41) is 18.5. The summed E-state index contributed by atoms with van der Waals surface area (Å²) in [5.74, 6) is 0.355. The fourth-order valence-corrected chi connectivity index (χ4v) is 3.08. The number of pyridine rings is 1. The Hall–Kier alpha value is -2.60. The van der Waals surface area contributed by atoms with Gasteiger partial charge >= 0.3 is 0 Å². The van der Waals surface area contributed by atoms with E-state index in [0.717, 1.165) is 5.56 Å². The van der Waals surface area contributed by atoms with Gasteiger partial charge in [0.05, 0.1) is 18.7 Å². The second-order valence-corrected chi connectivity index (χ2v) is 5.96. The molecule has 0 aromatic carbocycles. The maximum absolute atomic E-state index is 12.8. The second kappa shape index (κ2) is 4.99. The number of aromatic nitrogens is 1. The third-order valence-electron chi connectivity index (χ3n) is 4.64. The highest BCUT2D eigenvalue weighted by Crippen LogP contribution is 2.45. The molecule has 1 amide bonds. The van der Waals surface area contributed by atoms with Gasteiger partial charge in [0.15, 0.2) is 0 Å². The fourth-order valence-electron chi connectivity index (χ4n) is 3.08. The van der Waals surface area contributed by atoms with E-state index in [1.807, 2.05) is 6.92 Å². The summed E-state index contributed by atoms with van der Waals surface area (Å²) >= 11 is 0. The summed E-state index contributed by atoms with van der Waals surface area (Å²) in [6.07, 6.45) is 4.14. The van der Waals surface area contributed by atoms with Gasteiger partial charge in [-0.05, 0) is 13.3 Å². The molecule has 3 atom stereocenters. The molecule has 0 N–H and O–H groups in total. The van der Waals surface area contributed by atoms with E-state index in [1.165, 1.54) is 6.20 Å². The van der Waals surface area contributed by atoms with Crippen LogP contribution in [0.25, 0.3) is 0 Å². The second-order valence-electron chi connectivity index (χ2n) is 5.96. The van der Waals surface area contributed by atoms with Crippen molar-refractivity contribution in [1.82, 2.24) is 9.88 Å². The zero-order valence-corrected chi connectivity index (χ0v) is 12.5. The molecule has 3 heterocycles. The standard InChI is InChI=1S/C16H16N4O2/c1-3-16(2,9-18)15(21)20-8-11-4-13(20)12-7-19-6-10(5-17)14(12)22-11/h6-7,11,13H,3-4,8H2,1-2H3/t11-,13-,16?/m0/s1. The van der Waals surface area contributed by atoms with Crippen LogP contribution in [0.3, 0.4) is 0 Å². The third kappa shape index (κ3) is 1.92. The molecule has 1 aromatic heterocycles. The Morgan fingerprint density at radius 3 is 2.95 bits per heavy atom. The first kappa shape index (κ1) is 14.3. The summed E-state index contributed by atoms with van der Waals surface area (Å²) in [5.41, 5.74) is 0.121. The number of hydrogen-bond acceptors (Lipinski definition) is 5. The average Bonchev–Trinajstić information content (AvgIpc) is 2.90. The van der Waals surface area contributed by atoms with E-state index in [1.54, 1.807) is 18.0 Å². The van der Waals surface area contributed by atoms with E-state index in [4.69, 9.17) is 4.74 Å². The molecule has 2 bridgehead atoms. The first-order valence-electron chi connectivity index (χ1n) is 7.31. The Bertz CT molecular complexity index is 718. The lowest BCUT2D eigenvalue weighted by atomic mass is 9.87. The van der Waals surface area contributed by atoms with Crippen LogP contribution in [-0.4, -0.2) is 28.4 Å². The number of fused-ring (bicyclic) bond motifs is 4. The molecule has 1 unspecified atom stereocenters. The Kier molecular flexibility index (Phi) is 3.26. The molecule has 22 heavy (non-hydrogen) atoms. The first-order chi connectivity index (χ1) is 10.5. The minimum atomic E-state index is -1.03. The maximum atomic E-state index is 12.8. The van der Waals surface area contributed by atoms with E-state index in [9.17, 15) is 15.3 Å². The van der Waals surface area contributed by atoms with Crippen LogP contribution in [0.5, 0.6) is 5.75 Å². The molecule has 0 spiro atoms. The smallest absolute Gasteiger partial charge is 0.243 e. The molecule has 1 aromatic rings. The van der Waals surface area contributed by atoms with Crippen molar-refractivity contribution >= 4 is 5.91 Å². The largest absolute Gasteiger partial charge is 0.487 e. The van der Waals surface area contributed by atoms with Crippen molar-refractivity contribution in [2.75, 3.05) is 6.54 Å². The number of rotatable bonds is 2. The maximum Gasteiger partial charge on any atom is 0.243 e. The topological polar surface area (TPSA) is 90.0 Å². The van der Waals surface area contributed by atoms with Gasteiger partial charge in [-0.2, -0.15) is 10.5 Å². The summed E-state index contributed by atoms with van der Waals surface area (Å²) in [6.45, 7) is 3.95. The Morgan fingerprint density at radius 1 is 1.55 bits per heavy atom. The molecule has 2 aliphatic heterocycles. The lowest BCUT2D eigenvalue weighted by Gasteiger charge is -2.31. The Labute approximate surface area is 128 Å². The van der Waals surface area contributed by atoms with Crippen LogP contribution in [0.15, 0.2) is 12.4 Å². The molecule has 112 valence electrons. The van der Waals surface area contributed by atoms with Crippen molar-refractivity contribution < 1.29 is 9.53 Å². The Balaban J connectivity index is 2.01. The van der Waals surface area contributed by atoms with Gasteiger partial charge in [-0.15, -0.1) is 0 Å². The van der Waals surface area contributed by atoms with Crippen LogP contribution >= 0.6 is 0 Å². The third-order valence-corrected chi connectivity index (χ3v) is 4.64. The van der Waals surface area contributed by atoms with Gasteiger partial charge in [0.25, 0.3) is 0 Å². The van der Waals surface area contributed by atoms with Crippen LogP contribution in [0, 0.1) is 28.1 Å². The quantitative estimate of drug-likeness (QED) is 0.831. The summed E-state index contributed by atoms with van der Waals surface area (Å²) in [4.78, 5) is 18.6. The lowest BCUT2D eigenvalue weighted by Crippen LogP contribution is -2.41. The van der Waals surface area contributed by atoms with Crippen LogP contribution < -0.4 is 4.74 Å². The van der Waals surface area contributed by atoms with Gasteiger partial charge in [-0.3, -0.25) is 9.78 Å². The zero-order valence-electron chi connectivity index (χ0n) is 12.5. The number of amides is 1. The zero-order chi connectivity index (χ0) is 15.9. The number of ether oxygens (including phenoxy) is 1. The van der Waals surface area contributed by atoms with Crippen molar-refractivity contribution in [3.05, 3.63) is 23.5 Å². The van der Waals surface area contributed by atoms with Gasteiger partial charge in [0.1, 0.15) is 28.9 Å². The lowest BCUT2D eigenvalue weighted by molar-refractivity contribution is -0.139. The predicted molar refractivity (Wildman–Crippen MR) is 76.5 cm³/mol. The molecule has 0 saturated carbocycles. The Morgan fingerprint density at radius 2 is 2.32 bits per heavy atom. The molecule has 0 aliphatic carbocycles. The van der Waals surface area contributed by atoms with Crippen molar-refractivity contribution in [1.29, 1.82) is 10.5 Å². The highest BCUT2D eigenvalue weighted by molar-refractivity contribution is 5.86. The van der Waals surface area contributed by atoms with Gasteiger partial charge in [0.2, 0.25) is 5.91 Å². The van der Waals surface area contributed by atoms with Crippen molar-refractivity contribution in [2.45, 2.75) is 38.8 Å². The molecule has 6 heteroatoms. The molecule has 3 rings (SSSR count). The number of carbonyl (C=O) groups excluding carboxylic acids is 1. The number of nitrogens with zero attached hydrogens (tertiary/aromatic N) is 4. The van der Waals surface area contributed by atoms with Crippen molar-refractivity contribution in [3.63, 3.8) is 0 Å². The first-order valence-corrected chi connectivity index (χ1v) is 7.31. The average molecular weight is 296 g/mol. The summed E-state index contributed by atoms with van der Waals surface area (Å²) < 4.78 is 5.87. The van der Waals surface area contributed by atoms with E-state index >= 15 is 0 Å². The van der Waals surface area contributed by atoms with E-state index < -0.39 is 5.41 Å². The van der Waals surface area contributed by atoms with Crippen LogP contribution in [0.2, 0.25) is 0 Å². The number of nitriles is 2. The number of hydrogen-bond donors (Lipinski definition) is 0. The van der Waals surface area contributed by atoms with Gasteiger partial charge in [0, 0.05) is 24.4 Å². The monoisotopic (exact) mass is 296 g/mol. The van der Waals surface area contributed by atoms with E-state index in [2.05, 4.69) is 17.1 Å².